The van der Waals surface area contributed by atoms with E-state index in [1.54, 1.807) is 0 Å². The number of rotatable bonds is 5. The fourth-order valence-electron chi connectivity index (χ4n) is 2.31. The third-order valence-corrected chi connectivity index (χ3v) is 3.74. The van der Waals surface area contributed by atoms with Crippen LogP contribution < -0.4 is 10.5 Å². The number of ether oxygens (including phenoxy) is 1. The fraction of sp³-hybridized carbons (Fsp3) is 0.600. The second-order valence-electron chi connectivity index (χ2n) is 5.22. The number of piperazine rings is 1. The molecule has 1 aromatic rings. The van der Waals surface area contributed by atoms with Crippen LogP contribution in [-0.2, 0) is 6.42 Å². The van der Waals surface area contributed by atoms with Crippen LogP contribution in [-0.4, -0.2) is 56.2 Å². The molecule has 0 bridgehead atoms. The summed E-state index contributed by atoms with van der Waals surface area (Å²) in [4.78, 5) is 4.80. The van der Waals surface area contributed by atoms with E-state index in [1.165, 1.54) is 5.56 Å². The highest BCUT2D eigenvalue weighted by Crippen LogP contribution is 2.22. The van der Waals surface area contributed by atoms with Crippen molar-refractivity contribution in [2.24, 2.45) is 0 Å². The molecule has 0 unspecified atom stereocenters. The smallest absolute Gasteiger partial charge is 0.142 e. The predicted molar refractivity (Wildman–Crippen MR) is 79.7 cm³/mol. The lowest BCUT2D eigenvalue weighted by Crippen LogP contribution is -2.45. The molecule has 1 aliphatic rings. The molecule has 1 fully saturated rings. The average molecular weight is 263 g/mol. The lowest BCUT2D eigenvalue weighted by molar-refractivity contribution is 0.134. The van der Waals surface area contributed by atoms with Crippen LogP contribution in [0.5, 0.6) is 5.75 Å². The van der Waals surface area contributed by atoms with Crippen LogP contribution in [0.25, 0.3) is 0 Å². The minimum absolute atomic E-state index is 0.708. The zero-order chi connectivity index (χ0) is 13.7. The number of nitrogen functional groups attached to an aromatic ring is 1. The van der Waals surface area contributed by atoms with Gasteiger partial charge in [0.25, 0.3) is 0 Å². The standard InChI is InChI=1S/C15H25N3O/c1-3-13-4-5-15(14(16)12-13)19-11-10-18-8-6-17(2)7-9-18/h4-5,12H,3,6-11,16H2,1-2H3. The van der Waals surface area contributed by atoms with Crippen LogP contribution >= 0.6 is 0 Å². The number of benzene rings is 1. The molecule has 106 valence electrons. The van der Waals surface area contributed by atoms with Crippen molar-refractivity contribution in [3.05, 3.63) is 23.8 Å². The maximum atomic E-state index is 5.99. The number of hydrogen-bond donors (Lipinski definition) is 1. The van der Waals surface area contributed by atoms with Crippen LogP contribution in [0.15, 0.2) is 18.2 Å². The highest BCUT2D eigenvalue weighted by atomic mass is 16.5. The van der Waals surface area contributed by atoms with Crippen molar-refractivity contribution < 1.29 is 4.74 Å². The molecule has 1 heterocycles. The molecule has 0 aliphatic carbocycles. The van der Waals surface area contributed by atoms with E-state index in [2.05, 4.69) is 29.8 Å². The summed E-state index contributed by atoms with van der Waals surface area (Å²) < 4.78 is 5.79. The van der Waals surface area contributed by atoms with Crippen LogP contribution in [0.3, 0.4) is 0 Å². The quantitative estimate of drug-likeness (QED) is 0.817. The van der Waals surface area contributed by atoms with Crippen LogP contribution in [0.2, 0.25) is 0 Å². The van der Waals surface area contributed by atoms with Gasteiger partial charge in [0.2, 0.25) is 0 Å². The van der Waals surface area contributed by atoms with Gasteiger partial charge in [-0.2, -0.15) is 0 Å². The van der Waals surface area contributed by atoms with Crippen molar-refractivity contribution >= 4 is 5.69 Å². The molecule has 0 atom stereocenters. The first-order valence-electron chi connectivity index (χ1n) is 7.11. The van der Waals surface area contributed by atoms with Gasteiger partial charge in [-0.3, -0.25) is 4.90 Å². The summed E-state index contributed by atoms with van der Waals surface area (Å²) in [6, 6.07) is 6.07. The molecule has 0 spiro atoms. The lowest BCUT2D eigenvalue weighted by Gasteiger charge is -2.32. The first-order chi connectivity index (χ1) is 9.19. The van der Waals surface area contributed by atoms with Gasteiger partial charge in [-0.1, -0.05) is 13.0 Å². The minimum Gasteiger partial charge on any atom is -0.490 e. The molecule has 2 rings (SSSR count). The van der Waals surface area contributed by atoms with E-state index in [9.17, 15) is 0 Å². The van der Waals surface area contributed by atoms with E-state index < -0.39 is 0 Å². The predicted octanol–water partition coefficient (Wildman–Crippen LogP) is 1.46. The van der Waals surface area contributed by atoms with Gasteiger partial charge >= 0.3 is 0 Å². The Morgan fingerprint density at radius 3 is 2.58 bits per heavy atom. The summed E-state index contributed by atoms with van der Waals surface area (Å²) in [5, 5.41) is 0. The molecule has 1 aromatic carbocycles. The minimum atomic E-state index is 0.708. The highest BCUT2D eigenvalue weighted by Gasteiger charge is 2.13. The summed E-state index contributed by atoms with van der Waals surface area (Å²) in [5.41, 5.74) is 7.99. The molecule has 19 heavy (non-hydrogen) atoms. The number of hydrogen-bond acceptors (Lipinski definition) is 4. The number of nitrogens with two attached hydrogens (primary N) is 1. The third kappa shape index (κ3) is 4.11. The van der Waals surface area contributed by atoms with E-state index in [0.717, 1.165) is 50.6 Å². The molecule has 4 nitrogen and oxygen atoms in total. The van der Waals surface area contributed by atoms with Crippen molar-refractivity contribution in [3.8, 4) is 5.75 Å². The largest absolute Gasteiger partial charge is 0.490 e. The molecule has 0 radical (unpaired) electrons. The lowest BCUT2D eigenvalue weighted by atomic mass is 10.1. The molecule has 0 aromatic heterocycles. The summed E-state index contributed by atoms with van der Waals surface area (Å²) >= 11 is 0. The Hall–Kier alpha value is -1.26. The molecule has 2 N–H and O–H groups in total. The van der Waals surface area contributed by atoms with Crippen LogP contribution in [0.1, 0.15) is 12.5 Å². The first-order valence-corrected chi connectivity index (χ1v) is 7.11. The monoisotopic (exact) mass is 263 g/mol. The van der Waals surface area contributed by atoms with Gasteiger partial charge in [0.15, 0.2) is 0 Å². The Morgan fingerprint density at radius 1 is 1.21 bits per heavy atom. The highest BCUT2D eigenvalue weighted by molar-refractivity contribution is 5.54. The summed E-state index contributed by atoms with van der Waals surface area (Å²) in [6.45, 7) is 8.36. The average Bonchev–Trinajstić information content (AvgIpc) is 2.42. The Bertz CT molecular complexity index is 400. The summed E-state index contributed by atoms with van der Waals surface area (Å²) in [7, 11) is 2.17. The maximum Gasteiger partial charge on any atom is 0.142 e. The summed E-state index contributed by atoms with van der Waals surface area (Å²) in [5.74, 6) is 0.811. The SMILES string of the molecule is CCc1ccc(OCCN2CCN(C)CC2)c(N)c1. The van der Waals surface area contributed by atoms with E-state index >= 15 is 0 Å². The van der Waals surface area contributed by atoms with Crippen molar-refractivity contribution in [1.29, 1.82) is 0 Å². The second kappa shape index (κ2) is 6.78. The first kappa shape index (κ1) is 14.2. The van der Waals surface area contributed by atoms with Crippen molar-refractivity contribution in [3.63, 3.8) is 0 Å². The third-order valence-electron chi connectivity index (χ3n) is 3.74. The van der Waals surface area contributed by atoms with Crippen LogP contribution in [0.4, 0.5) is 5.69 Å². The fourth-order valence-corrected chi connectivity index (χ4v) is 2.31. The molecule has 1 aliphatic heterocycles. The molecule has 0 amide bonds. The van der Waals surface area contributed by atoms with E-state index in [0.29, 0.717) is 6.61 Å². The maximum absolute atomic E-state index is 5.99. The number of aryl methyl sites for hydroxylation is 1. The van der Waals surface area contributed by atoms with Crippen LogP contribution in [0, 0.1) is 0 Å². The zero-order valence-corrected chi connectivity index (χ0v) is 12.1. The molecule has 0 saturated carbocycles. The van der Waals surface area contributed by atoms with E-state index in [1.807, 2.05) is 12.1 Å². The molecular formula is C15H25N3O. The Kier molecular flexibility index (Phi) is 5.05. The number of likely N-dealkylation sites (N-methyl/N-ethyl adjacent to an activating group) is 1. The number of anilines is 1. The Labute approximate surface area is 116 Å². The molecular weight excluding hydrogens is 238 g/mol. The Balaban J connectivity index is 1.76. The van der Waals surface area contributed by atoms with Gasteiger partial charge in [-0.05, 0) is 31.2 Å². The van der Waals surface area contributed by atoms with Gasteiger partial charge < -0.3 is 15.4 Å². The van der Waals surface area contributed by atoms with Gasteiger partial charge in [-0.25, -0.2) is 0 Å². The second-order valence-corrected chi connectivity index (χ2v) is 5.22. The van der Waals surface area contributed by atoms with Gasteiger partial charge in [0, 0.05) is 32.7 Å². The molecule has 1 saturated heterocycles. The van der Waals surface area contributed by atoms with E-state index in [4.69, 9.17) is 10.5 Å². The van der Waals surface area contributed by atoms with Gasteiger partial charge in [0.1, 0.15) is 12.4 Å². The number of nitrogens with zero attached hydrogens (tertiary/aromatic N) is 2. The van der Waals surface area contributed by atoms with E-state index in [-0.39, 0.29) is 0 Å². The van der Waals surface area contributed by atoms with Gasteiger partial charge in [0.05, 0.1) is 5.69 Å². The van der Waals surface area contributed by atoms with Gasteiger partial charge in [-0.15, -0.1) is 0 Å². The Morgan fingerprint density at radius 2 is 1.95 bits per heavy atom. The van der Waals surface area contributed by atoms with Crippen molar-refractivity contribution in [1.82, 2.24) is 9.80 Å². The summed E-state index contributed by atoms with van der Waals surface area (Å²) in [6.07, 6.45) is 1.01. The van der Waals surface area contributed by atoms with Crippen molar-refractivity contribution in [2.45, 2.75) is 13.3 Å². The van der Waals surface area contributed by atoms with Crippen molar-refractivity contribution in [2.75, 3.05) is 52.1 Å². The zero-order valence-electron chi connectivity index (χ0n) is 12.1. The topological polar surface area (TPSA) is 41.7 Å². The normalized spacial score (nSPS) is 17.6. The molecule has 4 heteroatoms.